The SMILES string of the molecule is CN1C(=O)NCC(C(C)(C)C)=C(C(C)(C)C)C1=O. The minimum absolute atomic E-state index is 0.142. The van der Waals surface area contributed by atoms with Crippen LogP contribution >= 0.6 is 0 Å². The van der Waals surface area contributed by atoms with Gasteiger partial charge in [-0.15, -0.1) is 0 Å². The molecule has 4 nitrogen and oxygen atoms in total. The fraction of sp³-hybridized carbons (Fsp3) is 0.714. The summed E-state index contributed by atoms with van der Waals surface area (Å²) in [7, 11) is 1.52. The molecule has 0 aliphatic carbocycles. The summed E-state index contributed by atoms with van der Waals surface area (Å²) < 4.78 is 0. The minimum Gasteiger partial charge on any atom is -0.334 e. The zero-order valence-corrected chi connectivity index (χ0v) is 12.5. The molecule has 4 heteroatoms. The van der Waals surface area contributed by atoms with Gasteiger partial charge in [-0.05, 0) is 16.4 Å². The van der Waals surface area contributed by atoms with Crippen molar-refractivity contribution in [2.24, 2.45) is 10.8 Å². The Kier molecular flexibility index (Phi) is 3.61. The second-order valence-electron chi connectivity index (χ2n) is 6.88. The third-order valence-electron chi connectivity index (χ3n) is 3.20. The van der Waals surface area contributed by atoms with Gasteiger partial charge in [0.25, 0.3) is 5.91 Å². The zero-order valence-electron chi connectivity index (χ0n) is 12.5. The predicted octanol–water partition coefficient (Wildman–Crippen LogP) is 2.56. The molecule has 0 fully saturated rings. The zero-order chi connectivity index (χ0) is 14.3. The van der Waals surface area contributed by atoms with Gasteiger partial charge in [-0.2, -0.15) is 0 Å². The largest absolute Gasteiger partial charge is 0.334 e. The molecular weight excluding hydrogens is 228 g/mol. The summed E-state index contributed by atoms with van der Waals surface area (Å²) >= 11 is 0. The first-order chi connectivity index (χ1) is 7.96. The monoisotopic (exact) mass is 252 g/mol. The van der Waals surface area contributed by atoms with E-state index in [-0.39, 0.29) is 22.8 Å². The normalized spacial score (nSPS) is 18.9. The molecule has 18 heavy (non-hydrogen) atoms. The predicted molar refractivity (Wildman–Crippen MR) is 72.1 cm³/mol. The highest BCUT2D eigenvalue weighted by atomic mass is 16.2. The Hall–Kier alpha value is -1.32. The van der Waals surface area contributed by atoms with Crippen LogP contribution < -0.4 is 5.32 Å². The average Bonchev–Trinajstić information content (AvgIpc) is 2.27. The lowest BCUT2D eigenvalue weighted by Gasteiger charge is -2.31. The van der Waals surface area contributed by atoms with Crippen molar-refractivity contribution >= 4 is 11.9 Å². The summed E-state index contributed by atoms with van der Waals surface area (Å²) in [4.78, 5) is 25.4. The van der Waals surface area contributed by atoms with Gasteiger partial charge in [0.05, 0.1) is 0 Å². The summed E-state index contributed by atoms with van der Waals surface area (Å²) in [5.74, 6) is -0.192. The molecule has 0 saturated heterocycles. The van der Waals surface area contributed by atoms with Crippen molar-refractivity contribution in [3.63, 3.8) is 0 Å². The Balaban J connectivity index is 3.47. The first-order valence-corrected chi connectivity index (χ1v) is 6.26. The number of nitrogens with zero attached hydrogens (tertiary/aromatic N) is 1. The van der Waals surface area contributed by atoms with E-state index in [0.717, 1.165) is 11.1 Å². The van der Waals surface area contributed by atoms with Crippen molar-refractivity contribution in [3.8, 4) is 0 Å². The van der Waals surface area contributed by atoms with E-state index in [0.29, 0.717) is 6.54 Å². The van der Waals surface area contributed by atoms with Crippen molar-refractivity contribution in [2.75, 3.05) is 13.6 Å². The van der Waals surface area contributed by atoms with Gasteiger partial charge < -0.3 is 5.32 Å². The second-order valence-corrected chi connectivity index (χ2v) is 6.88. The molecular formula is C14H24N2O2. The molecule has 0 atom stereocenters. The summed E-state index contributed by atoms with van der Waals surface area (Å²) in [6, 6.07) is -0.332. The molecule has 102 valence electrons. The quantitative estimate of drug-likeness (QED) is 0.720. The number of likely N-dealkylation sites (N-methyl/N-ethyl adjacent to an activating group) is 1. The Labute approximate surface area is 109 Å². The standard InChI is InChI=1S/C14H24N2O2/c1-13(2,3)9-8-15-12(18)16(7)11(17)10(9)14(4,5)6/h8H2,1-7H3,(H,15,18). The molecule has 0 spiro atoms. The van der Waals surface area contributed by atoms with Crippen molar-refractivity contribution < 1.29 is 9.59 Å². The van der Waals surface area contributed by atoms with Crippen molar-refractivity contribution in [1.82, 2.24) is 10.2 Å². The van der Waals surface area contributed by atoms with Gasteiger partial charge in [0.2, 0.25) is 0 Å². The third-order valence-corrected chi connectivity index (χ3v) is 3.20. The number of amides is 3. The second kappa shape index (κ2) is 4.41. The van der Waals surface area contributed by atoms with Gasteiger partial charge in [-0.25, -0.2) is 4.79 Å². The summed E-state index contributed by atoms with van der Waals surface area (Å²) in [6.07, 6.45) is 0. The number of rotatable bonds is 0. The topological polar surface area (TPSA) is 49.4 Å². The highest BCUT2D eigenvalue weighted by Crippen LogP contribution is 2.37. The van der Waals surface area contributed by atoms with Gasteiger partial charge in [0, 0.05) is 19.2 Å². The van der Waals surface area contributed by atoms with E-state index in [1.807, 2.05) is 20.8 Å². The van der Waals surface area contributed by atoms with Crippen LogP contribution in [0.25, 0.3) is 0 Å². The van der Waals surface area contributed by atoms with Gasteiger partial charge >= 0.3 is 6.03 Å². The molecule has 1 N–H and O–H groups in total. The van der Waals surface area contributed by atoms with Crippen LogP contribution in [0.15, 0.2) is 11.1 Å². The molecule has 1 aliphatic heterocycles. The van der Waals surface area contributed by atoms with E-state index in [1.165, 1.54) is 11.9 Å². The molecule has 0 bridgehead atoms. The van der Waals surface area contributed by atoms with Crippen LogP contribution in [0.1, 0.15) is 41.5 Å². The number of hydrogen-bond donors (Lipinski definition) is 1. The average molecular weight is 252 g/mol. The van der Waals surface area contributed by atoms with Crippen LogP contribution in [-0.4, -0.2) is 30.4 Å². The van der Waals surface area contributed by atoms with E-state index in [1.54, 1.807) is 0 Å². The first kappa shape index (κ1) is 14.7. The number of hydrogen-bond acceptors (Lipinski definition) is 2. The van der Waals surface area contributed by atoms with E-state index >= 15 is 0 Å². The molecule has 1 rings (SSSR count). The molecule has 1 heterocycles. The maximum Gasteiger partial charge on any atom is 0.324 e. The molecule has 0 aromatic rings. The van der Waals surface area contributed by atoms with Crippen LogP contribution in [0.2, 0.25) is 0 Å². The van der Waals surface area contributed by atoms with Crippen LogP contribution in [0.3, 0.4) is 0 Å². The Morgan fingerprint density at radius 2 is 1.50 bits per heavy atom. The van der Waals surface area contributed by atoms with Crippen molar-refractivity contribution in [1.29, 1.82) is 0 Å². The Bertz CT molecular complexity index is 408. The number of carbonyl (C=O) groups is 2. The Morgan fingerprint density at radius 1 is 1.00 bits per heavy atom. The maximum absolute atomic E-state index is 12.5. The highest BCUT2D eigenvalue weighted by Gasteiger charge is 2.37. The van der Waals surface area contributed by atoms with Crippen LogP contribution in [-0.2, 0) is 4.79 Å². The molecule has 1 aliphatic rings. The lowest BCUT2D eigenvalue weighted by atomic mass is 9.74. The van der Waals surface area contributed by atoms with Crippen molar-refractivity contribution in [2.45, 2.75) is 41.5 Å². The van der Waals surface area contributed by atoms with Crippen molar-refractivity contribution in [3.05, 3.63) is 11.1 Å². The highest BCUT2D eigenvalue weighted by molar-refractivity contribution is 6.05. The number of nitrogens with one attached hydrogen (secondary N) is 1. The van der Waals surface area contributed by atoms with Crippen LogP contribution in [0, 0.1) is 10.8 Å². The smallest absolute Gasteiger partial charge is 0.324 e. The van der Waals surface area contributed by atoms with Gasteiger partial charge in [-0.1, -0.05) is 41.5 Å². The fourth-order valence-corrected chi connectivity index (χ4v) is 2.17. The summed E-state index contributed by atoms with van der Waals surface area (Å²) in [5, 5.41) is 2.79. The molecule has 0 aromatic carbocycles. The molecule has 0 unspecified atom stereocenters. The number of carbonyl (C=O) groups excluding carboxylic acids is 2. The summed E-state index contributed by atoms with van der Waals surface area (Å²) in [6.45, 7) is 12.7. The fourth-order valence-electron chi connectivity index (χ4n) is 2.17. The molecule has 0 radical (unpaired) electrons. The maximum atomic E-state index is 12.5. The Morgan fingerprint density at radius 3 is 1.89 bits per heavy atom. The van der Waals surface area contributed by atoms with E-state index in [2.05, 4.69) is 26.1 Å². The third kappa shape index (κ3) is 2.74. The number of imide groups is 1. The molecule has 0 aromatic heterocycles. The minimum atomic E-state index is -0.332. The van der Waals surface area contributed by atoms with Gasteiger partial charge in [-0.3, -0.25) is 9.69 Å². The van der Waals surface area contributed by atoms with Crippen LogP contribution in [0.5, 0.6) is 0 Å². The summed E-state index contributed by atoms with van der Waals surface area (Å²) in [5.41, 5.74) is 1.34. The van der Waals surface area contributed by atoms with E-state index in [4.69, 9.17) is 0 Å². The molecule has 0 saturated carbocycles. The van der Waals surface area contributed by atoms with E-state index in [9.17, 15) is 9.59 Å². The lowest BCUT2D eigenvalue weighted by molar-refractivity contribution is -0.124. The van der Waals surface area contributed by atoms with E-state index < -0.39 is 0 Å². The lowest BCUT2D eigenvalue weighted by Crippen LogP contribution is -2.40. The van der Waals surface area contributed by atoms with Crippen LogP contribution in [0.4, 0.5) is 4.79 Å². The van der Waals surface area contributed by atoms with Gasteiger partial charge in [0.15, 0.2) is 0 Å². The van der Waals surface area contributed by atoms with Gasteiger partial charge in [0.1, 0.15) is 0 Å². The first-order valence-electron chi connectivity index (χ1n) is 6.26. The molecule has 3 amide bonds. The number of urea groups is 1.